The molecule has 1 N–H and O–H groups in total. The average molecular weight is 257 g/mol. The van der Waals surface area contributed by atoms with Crippen LogP contribution in [-0.2, 0) is 20.8 Å². The van der Waals surface area contributed by atoms with Crippen molar-refractivity contribution in [3.8, 4) is 0 Å². The summed E-state index contributed by atoms with van der Waals surface area (Å²) in [5, 5.41) is 13.0. The number of carbonyl (C=O) groups excluding carboxylic acids is 2. The van der Waals surface area contributed by atoms with Crippen LogP contribution in [0.25, 0.3) is 0 Å². The lowest BCUT2D eigenvalue weighted by molar-refractivity contribution is -0.122. The summed E-state index contributed by atoms with van der Waals surface area (Å²) in [4.78, 5) is 22.9. The smallest absolute Gasteiger partial charge is 0.378 e. The van der Waals surface area contributed by atoms with E-state index in [0.717, 1.165) is 4.68 Å². The highest BCUT2D eigenvalue weighted by Crippen LogP contribution is 1.95. The summed E-state index contributed by atoms with van der Waals surface area (Å²) in [7, 11) is 1.53. The second kappa shape index (κ2) is 7.33. The molecule has 0 atom stereocenters. The molecule has 0 aliphatic heterocycles. The maximum absolute atomic E-state index is 11.5. The number of rotatable bonds is 7. The van der Waals surface area contributed by atoms with E-state index in [2.05, 4.69) is 20.8 Å². The zero-order chi connectivity index (χ0) is 13.4. The quantitative estimate of drug-likeness (QED) is 0.473. The van der Waals surface area contributed by atoms with Crippen molar-refractivity contribution in [1.82, 2.24) is 25.5 Å². The molecule has 18 heavy (non-hydrogen) atoms. The number of amides is 1. The molecule has 1 amide bonds. The SMILES string of the molecule is CCOC(=O)c1nnnn1CC(=O)NCCOC. The average Bonchev–Trinajstić information content (AvgIpc) is 2.78. The van der Waals surface area contributed by atoms with Crippen molar-refractivity contribution in [1.29, 1.82) is 0 Å². The molecule has 0 saturated heterocycles. The molecule has 0 spiro atoms. The van der Waals surface area contributed by atoms with Gasteiger partial charge >= 0.3 is 5.97 Å². The Balaban J connectivity index is 2.54. The van der Waals surface area contributed by atoms with Crippen LogP contribution in [0.4, 0.5) is 0 Å². The van der Waals surface area contributed by atoms with E-state index in [1.54, 1.807) is 6.92 Å². The summed E-state index contributed by atoms with van der Waals surface area (Å²) in [6, 6.07) is 0. The first-order chi connectivity index (χ1) is 8.69. The Morgan fingerprint density at radius 3 is 2.89 bits per heavy atom. The van der Waals surface area contributed by atoms with Crippen molar-refractivity contribution in [3.05, 3.63) is 5.82 Å². The molecular formula is C9H15N5O4. The zero-order valence-electron chi connectivity index (χ0n) is 10.3. The van der Waals surface area contributed by atoms with E-state index in [-0.39, 0.29) is 24.9 Å². The van der Waals surface area contributed by atoms with Gasteiger partial charge in [-0.05, 0) is 17.4 Å². The first-order valence-corrected chi connectivity index (χ1v) is 5.38. The number of ether oxygens (including phenoxy) is 2. The number of nitrogens with zero attached hydrogens (tertiary/aromatic N) is 4. The number of aromatic nitrogens is 4. The van der Waals surface area contributed by atoms with Crippen LogP contribution in [0.2, 0.25) is 0 Å². The molecule has 9 nitrogen and oxygen atoms in total. The standard InChI is InChI=1S/C9H15N5O4/c1-3-18-9(16)8-11-12-13-14(8)6-7(15)10-4-5-17-2/h3-6H2,1-2H3,(H,10,15). The largest absolute Gasteiger partial charge is 0.460 e. The van der Waals surface area contributed by atoms with Gasteiger partial charge in [0.05, 0.1) is 13.2 Å². The van der Waals surface area contributed by atoms with Crippen molar-refractivity contribution < 1.29 is 19.1 Å². The van der Waals surface area contributed by atoms with Gasteiger partial charge in [-0.15, -0.1) is 5.10 Å². The summed E-state index contributed by atoms with van der Waals surface area (Å²) in [5.74, 6) is -1.07. The highest BCUT2D eigenvalue weighted by atomic mass is 16.5. The highest BCUT2D eigenvalue weighted by molar-refractivity contribution is 5.86. The number of hydrogen-bond donors (Lipinski definition) is 1. The van der Waals surface area contributed by atoms with Crippen molar-refractivity contribution in [2.24, 2.45) is 0 Å². The van der Waals surface area contributed by atoms with E-state index in [1.807, 2.05) is 0 Å². The van der Waals surface area contributed by atoms with E-state index in [9.17, 15) is 9.59 Å². The highest BCUT2D eigenvalue weighted by Gasteiger charge is 2.18. The lowest BCUT2D eigenvalue weighted by Crippen LogP contribution is -2.31. The molecule has 0 aliphatic carbocycles. The second-order valence-corrected chi connectivity index (χ2v) is 3.22. The van der Waals surface area contributed by atoms with E-state index >= 15 is 0 Å². The maximum Gasteiger partial charge on any atom is 0.378 e. The van der Waals surface area contributed by atoms with Crippen molar-refractivity contribution >= 4 is 11.9 Å². The molecule has 1 rings (SSSR count). The van der Waals surface area contributed by atoms with Gasteiger partial charge < -0.3 is 14.8 Å². The molecule has 0 fully saturated rings. The minimum atomic E-state index is -0.660. The van der Waals surface area contributed by atoms with Crippen LogP contribution in [-0.4, -0.2) is 59.0 Å². The van der Waals surface area contributed by atoms with Crippen LogP contribution in [0.3, 0.4) is 0 Å². The van der Waals surface area contributed by atoms with Crippen LogP contribution in [0, 0.1) is 0 Å². The van der Waals surface area contributed by atoms with Crippen LogP contribution >= 0.6 is 0 Å². The Morgan fingerprint density at radius 2 is 2.22 bits per heavy atom. The Labute approximate surface area is 103 Å². The minimum Gasteiger partial charge on any atom is -0.460 e. The van der Waals surface area contributed by atoms with Crippen molar-refractivity contribution in [2.45, 2.75) is 13.5 Å². The number of methoxy groups -OCH3 is 1. The summed E-state index contributed by atoms with van der Waals surface area (Å²) in [6.07, 6.45) is 0. The van der Waals surface area contributed by atoms with E-state index in [1.165, 1.54) is 7.11 Å². The number of tetrazole rings is 1. The molecule has 0 radical (unpaired) electrons. The normalized spacial score (nSPS) is 10.1. The zero-order valence-corrected chi connectivity index (χ0v) is 10.3. The molecule has 9 heteroatoms. The molecule has 0 aromatic carbocycles. The van der Waals surface area contributed by atoms with Crippen LogP contribution < -0.4 is 5.32 Å². The molecule has 0 saturated carbocycles. The van der Waals surface area contributed by atoms with Gasteiger partial charge in [0.15, 0.2) is 0 Å². The third-order valence-electron chi connectivity index (χ3n) is 1.91. The molecule has 0 aliphatic rings. The molecule has 0 unspecified atom stereocenters. The summed E-state index contributed by atoms with van der Waals surface area (Å²) < 4.78 is 10.6. The molecule has 1 heterocycles. The van der Waals surface area contributed by atoms with E-state index in [0.29, 0.717) is 13.2 Å². The number of carbonyl (C=O) groups is 2. The number of esters is 1. The molecule has 0 bridgehead atoms. The fourth-order valence-electron chi connectivity index (χ4n) is 1.14. The Kier molecular flexibility index (Phi) is 5.71. The third kappa shape index (κ3) is 4.09. The van der Waals surface area contributed by atoms with Crippen LogP contribution in [0.1, 0.15) is 17.5 Å². The summed E-state index contributed by atoms with van der Waals surface area (Å²) in [6.45, 7) is 2.53. The van der Waals surface area contributed by atoms with Gasteiger partial charge in [0.1, 0.15) is 6.54 Å². The predicted molar refractivity (Wildman–Crippen MR) is 58.7 cm³/mol. The third-order valence-corrected chi connectivity index (χ3v) is 1.91. The van der Waals surface area contributed by atoms with Gasteiger partial charge in [-0.25, -0.2) is 9.48 Å². The van der Waals surface area contributed by atoms with Gasteiger partial charge in [-0.3, -0.25) is 4.79 Å². The van der Waals surface area contributed by atoms with E-state index < -0.39 is 5.97 Å². The fraction of sp³-hybridized carbons (Fsp3) is 0.667. The van der Waals surface area contributed by atoms with Crippen LogP contribution in [0.15, 0.2) is 0 Å². The van der Waals surface area contributed by atoms with Gasteiger partial charge in [0.2, 0.25) is 5.91 Å². The number of hydrogen-bond acceptors (Lipinski definition) is 7. The van der Waals surface area contributed by atoms with Gasteiger partial charge in [-0.2, -0.15) is 0 Å². The maximum atomic E-state index is 11.5. The minimum absolute atomic E-state index is 0.0984. The fourth-order valence-corrected chi connectivity index (χ4v) is 1.14. The summed E-state index contributed by atoms with van der Waals surface area (Å²) >= 11 is 0. The molecule has 1 aromatic rings. The monoisotopic (exact) mass is 257 g/mol. The van der Waals surface area contributed by atoms with Crippen molar-refractivity contribution in [2.75, 3.05) is 26.9 Å². The molecule has 1 aromatic heterocycles. The Morgan fingerprint density at radius 1 is 1.44 bits per heavy atom. The van der Waals surface area contributed by atoms with Crippen molar-refractivity contribution in [3.63, 3.8) is 0 Å². The Bertz CT molecular complexity index is 405. The first kappa shape index (κ1) is 14.0. The van der Waals surface area contributed by atoms with Crippen LogP contribution in [0.5, 0.6) is 0 Å². The van der Waals surface area contributed by atoms with Gasteiger partial charge in [-0.1, -0.05) is 0 Å². The predicted octanol–water partition coefficient (Wildman–Crippen LogP) is -1.39. The molecular weight excluding hydrogens is 242 g/mol. The topological polar surface area (TPSA) is 108 Å². The lowest BCUT2D eigenvalue weighted by atomic mass is 10.5. The Hall–Kier alpha value is -2.03. The second-order valence-electron chi connectivity index (χ2n) is 3.22. The first-order valence-electron chi connectivity index (χ1n) is 5.38. The number of nitrogens with one attached hydrogen (secondary N) is 1. The van der Waals surface area contributed by atoms with E-state index in [4.69, 9.17) is 9.47 Å². The summed E-state index contributed by atoms with van der Waals surface area (Å²) in [5.41, 5.74) is 0. The van der Waals surface area contributed by atoms with Gasteiger partial charge in [0.25, 0.3) is 5.82 Å². The molecule has 100 valence electrons. The lowest BCUT2D eigenvalue weighted by Gasteiger charge is -2.05. The van der Waals surface area contributed by atoms with Gasteiger partial charge in [0, 0.05) is 13.7 Å².